The van der Waals surface area contributed by atoms with E-state index in [0.29, 0.717) is 0 Å². The number of para-hydroxylation sites is 1. The Morgan fingerprint density at radius 1 is 1.50 bits per heavy atom. The van der Waals surface area contributed by atoms with Crippen molar-refractivity contribution in [1.82, 2.24) is 5.32 Å². The molecule has 0 aliphatic carbocycles. The van der Waals surface area contributed by atoms with Gasteiger partial charge in [-0.05, 0) is 25.0 Å². The SMILES string of the molecule is COc1ccccc1SCC(=O)NC(C)(C#N)C(C)C. The van der Waals surface area contributed by atoms with Gasteiger partial charge in [-0.15, -0.1) is 11.8 Å². The van der Waals surface area contributed by atoms with E-state index >= 15 is 0 Å². The molecule has 0 aromatic heterocycles. The summed E-state index contributed by atoms with van der Waals surface area (Å²) >= 11 is 1.40. The molecule has 1 atom stereocenters. The van der Waals surface area contributed by atoms with Crippen LogP contribution >= 0.6 is 11.8 Å². The van der Waals surface area contributed by atoms with E-state index in [0.717, 1.165) is 10.6 Å². The molecule has 0 fully saturated rings. The Morgan fingerprint density at radius 2 is 2.15 bits per heavy atom. The summed E-state index contributed by atoms with van der Waals surface area (Å²) in [4.78, 5) is 12.9. The van der Waals surface area contributed by atoms with Crippen LogP contribution in [0.25, 0.3) is 0 Å². The van der Waals surface area contributed by atoms with E-state index in [2.05, 4.69) is 11.4 Å². The summed E-state index contributed by atoms with van der Waals surface area (Å²) in [6.07, 6.45) is 0. The molecule has 4 nitrogen and oxygen atoms in total. The number of amides is 1. The van der Waals surface area contributed by atoms with Crippen LogP contribution in [0.15, 0.2) is 29.2 Å². The third-order valence-corrected chi connectivity index (χ3v) is 4.27. The lowest BCUT2D eigenvalue weighted by molar-refractivity contribution is -0.120. The van der Waals surface area contributed by atoms with Gasteiger partial charge in [0, 0.05) is 4.90 Å². The number of hydrogen-bond acceptors (Lipinski definition) is 4. The lowest BCUT2D eigenvalue weighted by Gasteiger charge is -2.27. The predicted octanol–water partition coefficient (Wildman–Crippen LogP) is 2.84. The maximum absolute atomic E-state index is 12.0. The molecule has 0 spiro atoms. The summed E-state index contributed by atoms with van der Waals surface area (Å²) in [5, 5.41) is 12.0. The summed E-state index contributed by atoms with van der Waals surface area (Å²) in [5.41, 5.74) is -0.835. The van der Waals surface area contributed by atoms with E-state index in [4.69, 9.17) is 4.74 Å². The number of rotatable bonds is 6. The summed E-state index contributed by atoms with van der Waals surface area (Å²) in [6.45, 7) is 5.57. The molecular weight excluding hydrogens is 272 g/mol. The molecular formula is C15H20N2O2S. The Labute approximate surface area is 124 Å². The molecule has 0 saturated carbocycles. The van der Waals surface area contributed by atoms with Crippen molar-refractivity contribution in [2.24, 2.45) is 5.92 Å². The van der Waals surface area contributed by atoms with Gasteiger partial charge in [-0.2, -0.15) is 5.26 Å². The second kappa shape index (κ2) is 7.20. The topological polar surface area (TPSA) is 62.1 Å². The van der Waals surface area contributed by atoms with E-state index < -0.39 is 5.54 Å². The van der Waals surface area contributed by atoms with Crippen molar-refractivity contribution >= 4 is 17.7 Å². The zero-order valence-corrected chi connectivity index (χ0v) is 13.1. The first-order chi connectivity index (χ1) is 9.42. The average Bonchev–Trinajstić information content (AvgIpc) is 2.45. The van der Waals surface area contributed by atoms with E-state index in [-0.39, 0.29) is 17.6 Å². The second-order valence-corrected chi connectivity index (χ2v) is 5.97. The molecule has 1 rings (SSSR count). The fourth-order valence-corrected chi connectivity index (χ4v) is 2.34. The Hall–Kier alpha value is -1.67. The molecule has 0 saturated heterocycles. The quantitative estimate of drug-likeness (QED) is 0.819. The number of thioether (sulfide) groups is 1. The zero-order chi connectivity index (χ0) is 15.2. The second-order valence-electron chi connectivity index (χ2n) is 4.96. The van der Waals surface area contributed by atoms with Gasteiger partial charge in [0.1, 0.15) is 11.3 Å². The van der Waals surface area contributed by atoms with E-state index in [1.165, 1.54) is 11.8 Å². The number of nitrogens with zero attached hydrogens (tertiary/aromatic N) is 1. The van der Waals surface area contributed by atoms with Crippen LogP contribution in [0, 0.1) is 17.2 Å². The molecule has 108 valence electrons. The highest BCUT2D eigenvalue weighted by Gasteiger charge is 2.29. The molecule has 0 aliphatic heterocycles. The van der Waals surface area contributed by atoms with Gasteiger partial charge in [0.25, 0.3) is 0 Å². The molecule has 20 heavy (non-hydrogen) atoms. The molecule has 0 radical (unpaired) electrons. The van der Waals surface area contributed by atoms with Gasteiger partial charge >= 0.3 is 0 Å². The zero-order valence-electron chi connectivity index (χ0n) is 12.3. The highest BCUT2D eigenvalue weighted by atomic mass is 32.2. The number of ether oxygens (including phenoxy) is 1. The highest BCUT2D eigenvalue weighted by Crippen LogP contribution is 2.28. The maximum atomic E-state index is 12.0. The molecule has 1 unspecified atom stereocenters. The van der Waals surface area contributed by atoms with Crippen LogP contribution in [-0.2, 0) is 4.79 Å². The Balaban J connectivity index is 2.62. The fourth-order valence-electron chi connectivity index (χ4n) is 1.51. The fraction of sp³-hybridized carbons (Fsp3) is 0.467. The van der Waals surface area contributed by atoms with Gasteiger partial charge < -0.3 is 10.1 Å². The van der Waals surface area contributed by atoms with Crippen molar-refractivity contribution in [2.45, 2.75) is 31.2 Å². The number of benzene rings is 1. The number of nitriles is 1. The molecule has 1 amide bonds. The molecule has 1 aromatic carbocycles. The van der Waals surface area contributed by atoms with E-state index in [1.807, 2.05) is 38.1 Å². The van der Waals surface area contributed by atoms with Gasteiger partial charge in [0.05, 0.1) is 18.9 Å². The minimum Gasteiger partial charge on any atom is -0.496 e. The van der Waals surface area contributed by atoms with Crippen molar-refractivity contribution in [3.8, 4) is 11.8 Å². The lowest BCUT2D eigenvalue weighted by atomic mass is 9.90. The van der Waals surface area contributed by atoms with Gasteiger partial charge in [0.2, 0.25) is 5.91 Å². The average molecular weight is 292 g/mol. The Morgan fingerprint density at radius 3 is 2.70 bits per heavy atom. The highest BCUT2D eigenvalue weighted by molar-refractivity contribution is 8.00. The number of carbonyl (C=O) groups excluding carboxylic acids is 1. The third kappa shape index (κ3) is 4.17. The summed E-state index contributed by atoms with van der Waals surface area (Å²) < 4.78 is 5.23. The van der Waals surface area contributed by atoms with Crippen molar-refractivity contribution in [1.29, 1.82) is 5.26 Å². The molecule has 1 aromatic rings. The molecule has 0 aliphatic rings. The first-order valence-corrected chi connectivity index (χ1v) is 7.39. The standard InChI is InChI=1S/C15H20N2O2S/c1-11(2)15(3,10-16)17-14(18)9-20-13-8-6-5-7-12(13)19-4/h5-8,11H,9H2,1-4H3,(H,17,18). The van der Waals surface area contributed by atoms with Crippen LogP contribution in [0.4, 0.5) is 0 Å². The minimum absolute atomic E-state index is 0.0488. The van der Waals surface area contributed by atoms with Crippen LogP contribution in [0.1, 0.15) is 20.8 Å². The number of carbonyl (C=O) groups is 1. The van der Waals surface area contributed by atoms with Crippen molar-refractivity contribution in [3.05, 3.63) is 24.3 Å². The smallest absolute Gasteiger partial charge is 0.231 e. The van der Waals surface area contributed by atoms with Crippen LogP contribution in [-0.4, -0.2) is 24.3 Å². The maximum Gasteiger partial charge on any atom is 0.231 e. The molecule has 0 heterocycles. The first-order valence-electron chi connectivity index (χ1n) is 6.41. The van der Waals surface area contributed by atoms with Crippen LogP contribution < -0.4 is 10.1 Å². The molecule has 1 N–H and O–H groups in total. The van der Waals surface area contributed by atoms with Crippen molar-refractivity contribution in [3.63, 3.8) is 0 Å². The molecule has 5 heteroatoms. The minimum atomic E-state index is -0.835. The third-order valence-electron chi connectivity index (χ3n) is 3.21. The molecule has 0 bridgehead atoms. The van der Waals surface area contributed by atoms with Gasteiger partial charge in [-0.25, -0.2) is 0 Å². The monoisotopic (exact) mass is 292 g/mol. The normalized spacial score (nSPS) is 13.4. The van der Waals surface area contributed by atoms with Crippen LogP contribution in [0.5, 0.6) is 5.75 Å². The number of hydrogen-bond donors (Lipinski definition) is 1. The summed E-state index contributed by atoms with van der Waals surface area (Å²) in [7, 11) is 1.60. The van der Waals surface area contributed by atoms with E-state index in [1.54, 1.807) is 14.0 Å². The van der Waals surface area contributed by atoms with Crippen molar-refractivity contribution < 1.29 is 9.53 Å². The van der Waals surface area contributed by atoms with Crippen molar-refractivity contribution in [2.75, 3.05) is 12.9 Å². The number of methoxy groups -OCH3 is 1. The van der Waals surface area contributed by atoms with Crippen LogP contribution in [0.2, 0.25) is 0 Å². The number of nitrogens with one attached hydrogen (secondary N) is 1. The summed E-state index contributed by atoms with van der Waals surface area (Å²) in [6, 6.07) is 9.71. The van der Waals surface area contributed by atoms with E-state index in [9.17, 15) is 10.1 Å². The first kappa shape index (κ1) is 16.4. The Bertz CT molecular complexity index is 511. The largest absolute Gasteiger partial charge is 0.496 e. The Kier molecular flexibility index (Phi) is 5.90. The van der Waals surface area contributed by atoms with Gasteiger partial charge in [0.15, 0.2) is 0 Å². The van der Waals surface area contributed by atoms with Gasteiger partial charge in [-0.1, -0.05) is 26.0 Å². The van der Waals surface area contributed by atoms with Crippen LogP contribution in [0.3, 0.4) is 0 Å². The van der Waals surface area contributed by atoms with Gasteiger partial charge in [-0.3, -0.25) is 4.79 Å². The summed E-state index contributed by atoms with van der Waals surface area (Å²) in [5.74, 6) is 0.897. The lowest BCUT2D eigenvalue weighted by Crippen LogP contribution is -2.49. The predicted molar refractivity (Wildman–Crippen MR) is 80.7 cm³/mol.